The number of methoxy groups -OCH3 is 1. The van der Waals surface area contributed by atoms with E-state index in [2.05, 4.69) is 18.7 Å². The average Bonchev–Trinajstić information content (AvgIpc) is 3.01. The zero-order valence-electron chi connectivity index (χ0n) is 14.1. The minimum absolute atomic E-state index is 0.117. The molecule has 0 amide bonds. The van der Waals surface area contributed by atoms with Crippen LogP contribution in [0.1, 0.15) is 58.8 Å². The quantitative estimate of drug-likeness (QED) is 0.549. The van der Waals surface area contributed by atoms with Crippen molar-refractivity contribution in [3.05, 3.63) is 0 Å². The first-order chi connectivity index (χ1) is 10.2. The van der Waals surface area contributed by atoms with E-state index in [1.807, 2.05) is 0 Å². The first-order valence-electron chi connectivity index (χ1n) is 8.60. The molecule has 0 saturated carbocycles. The van der Waals surface area contributed by atoms with E-state index in [-0.39, 0.29) is 5.97 Å². The van der Waals surface area contributed by atoms with Gasteiger partial charge in [0.25, 0.3) is 0 Å². The molecule has 0 aliphatic carbocycles. The van der Waals surface area contributed by atoms with E-state index in [1.165, 1.54) is 39.2 Å². The van der Waals surface area contributed by atoms with Crippen LogP contribution >= 0.6 is 0 Å². The zero-order chi connectivity index (χ0) is 15.5. The first kappa shape index (κ1) is 18.4. The van der Waals surface area contributed by atoms with Crippen LogP contribution in [0.25, 0.3) is 0 Å². The van der Waals surface area contributed by atoms with E-state index in [4.69, 9.17) is 9.47 Å². The van der Waals surface area contributed by atoms with Gasteiger partial charge in [-0.2, -0.15) is 0 Å². The minimum atomic E-state index is -0.117. The van der Waals surface area contributed by atoms with Crippen molar-refractivity contribution in [2.24, 2.45) is 5.92 Å². The second-order valence-corrected chi connectivity index (χ2v) is 6.14. The van der Waals surface area contributed by atoms with E-state index in [1.54, 1.807) is 0 Å². The van der Waals surface area contributed by atoms with Gasteiger partial charge in [-0.3, -0.25) is 9.69 Å². The topological polar surface area (TPSA) is 38.8 Å². The monoisotopic (exact) mass is 299 g/mol. The lowest BCUT2D eigenvalue weighted by atomic mass is 9.98. The minimum Gasteiger partial charge on any atom is -0.469 e. The molecule has 4 heteroatoms. The van der Waals surface area contributed by atoms with Gasteiger partial charge in [0, 0.05) is 26.2 Å². The number of hydrogen-bond donors (Lipinski definition) is 0. The summed E-state index contributed by atoms with van der Waals surface area (Å²) in [5.41, 5.74) is 0. The van der Waals surface area contributed by atoms with E-state index in [0.717, 1.165) is 38.6 Å². The predicted octanol–water partition coefficient (Wildman–Crippen LogP) is 3.25. The molecule has 0 aromatic carbocycles. The van der Waals surface area contributed by atoms with Crippen molar-refractivity contribution in [3.8, 4) is 0 Å². The summed E-state index contributed by atoms with van der Waals surface area (Å²) in [5, 5.41) is 0. The van der Waals surface area contributed by atoms with Crippen LogP contribution in [-0.4, -0.2) is 50.3 Å². The van der Waals surface area contributed by atoms with Crippen LogP contribution in [0.3, 0.4) is 0 Å². The summed E-state index contributed by atoms with van der Waals surface area (Å²) in [7, 11) is 1.46. The van der Waals surface area contributed by atoms with Gasteiger partial charge in [-0.15, -0.1) is 0 Å². The molecule has 0 aromatic rings. The van der Waals surface area contributed by atoms with Crippen LogP contribution < -0.4 is 0 Å². The molecule has 2 atom stereocenters. The molecule has 1 rings (SSSR count). The van der Waals surface area contributed by atoms with Crippen molar-refractivity contribution in [1.29, 1.82) is 0 Å². The Morgan fingerprint density at radius 2 is 2.24 bits per heavy atom. The molecular weight excluding hydrogens is 266 g/mol. The van der Waals surface area contributed by atoms with Gasteiger partial charge in [0.2, 0.25) is 0 Å². The molecule has 1 heterocycles. The number of hydrogen-bond acceptors (Lipinski definition) is 4. The second kappa shape index (κ2) is 11.0. The molecular formula is C17H33NO3. The molecule has 1 aliphatic rings. The van der Waals surface area contributed by atoms with E-state index in [9.17, 15) is 4.79 Å². The maximum absolute atomic E-state index is 11.4. The number of esters is 1. The molecule has 124 valence electrons. The lowest BCUT2D eigenvalue weighted by Crippen LogP contribution is -2.37. The summed E-state index contributed by atoms with van der Waals surface area (Å²) in [6.07, 6.45) is 8.20. The maximum atomic E-state index is 11.4. The molecule has 0 radical (unpaired) electrons. The van der Waals surface area contributed by atoms with Crippen molar-refractivity contribution in [2.75, 3.05) is 33.4 Å². The second-order valence-electron chi connectivity index (χ2n) is 6.14. The molecule has 0 bridgehead atoms. The van der Waals surface area contributed by atoms with Gasteiger partial charge in [-0.25, -0.2) is 0 Å². The standard InChI is InChI=1S/C17H33NO3/c1-4-6-8-15(5-2)13-18(11-10-17(19)20-3)14-16-9-7-12-21-16/h15-16H,4-14H2,1-3H3. The third kappa shape index (κ3) is 7.82. The number of unbranched alkanes of at least 4 members (excludes halogenated alkanes) is 1. The predicted molar refractivity (Wildman–Crippen MR) is 85.4 cm³/mol. The van der Waals surface area contributed by atoms with Crippen LogP contribution in [-0.2, 0) is 14.3 Å². The number of ether oxygens (including phenoxy) is 2. The Morgan fingerprint density at radius 1 is 1.43 bits per heavy atom. The fourth-order valence-electron chi connectivity index (χ4n) is 2.97. The Hall–Kier alpha value is -0.610. The lowest BCUT2D eigenvalue weighted by molar-refractivity contribution is -0.141. The van der Waals surface area contributed by atoms with Gasteiger partial charge in [-0.05, 0) is 25.2 Å². The highest BCUT2D eigenvalue weighted by Gasteiger charge is 2.21. The van der Waals surface area contributed by atoms with Crippen LogP contribution in [0.4, 0.5) is 0 Å². The van der Waals surface area contributed by atoms with Crippen LogP contribution in [0.15, 0.2) is 0 Å². The third-order valence-electron chi connectivity index (χ3n) is 4.41. The average molecular weight is 299 g/mol. The van der Waals surface area contributed by atoms with Gasteiger partial charge >= 0.3 is 5.97 Å². The van der Waals surface area contributed by atoms with Crippen LogP contribution in [0.5, 0.6) is 0 Å². The molecule has 1 fully saturated rings. The summed E-state index contributed by atoms with van der Waals surface area (Å²) in [6, 6.07) is 0. The van der Waals surface area contributed by atoms with Crippen LogP contribution in [0, 0.1) is 5.92 Å². The molecule has 21 heavy (non-hydrogen) atoms. The van der Waals surface area contributed by atoms with Gasteiger partial charge in [-0.1, -0.05) is 33.1 Å². The molecule has 0 N–H and O–H groups in total. The van der Waals surface area contributed by atoms with Gasteiger partial charge in [0.05, 0.1) is 19.6 Å². The van der Waals surface area contributed by atoms with E-state index in [0.29, 0.717) is 12.5 Å². The summed E-state index contributed by atoms with van der Waals surface area (Å²) in [5.74, 6) is 0.609. The Balaban J connectivity index is 2.45. The molecule has 1 aliphatic heterocycles. The summed E-state index contributed by atoms with van der Waals surface area (Å²) < 4.78 is 10.5. The fourth-order valence-corrected chi connectivity index (χ4v) is 2.97. The highest BCUT2D eigenvalue weighted by Crippen LogP contribution is 2.18. The van der Waals surface area contributed by atoms with Crippen molar-refractivity contribution in [1.82, 2.24) is 4.90 Å². The molecule has 0 spiro atoms. The van der Waals surface area contributed by atoms with Crippen molar-refractivity contribution in [3.63, 3.8) is 0 Å². The van der Waals surface area contributed by atoms with Crippen molar-refractivity contribution < 1.29 is 14.3 Å². The highest BCUT2D eigenvalue weighted by atomic mass is 16.5. The Bertz CT molecular complexity index is 277. The molecule has 4 nitrogen and oxygen atoms in total. The molecule has 1 saturated heterocycles. The van der Waals surface area contributed by atoms with Gasteiger partial charge in [0.1, 0.15) is 0 Å². The Kier molecular flexibility index (Phi) is 9.68. The maximum Gasteiger partial charge on any atom is 0.306 e. The Labute approximate surface area is 130 Å². The summed E-state index contributed by atoms with van der Waals surface area (Å²) >= 11 is 0. The van der Waals surface area contributed by atoms with E-state index < -0.39 is 0 Å². The molecule has 2 unspecified atom stereocenters. The number of carbonyl (C=O) groups excluding carboxylic acids is 1. The SMILES string of the molecule is CCCCC(CC)CN(CCC(=O)OC)CC1CCCO1. The van der Waals surface area contributed by atoms with Gasteiger partial charge < -0.3 is 9.47 Å². The highest BCUT2D eigenvalue weighted by molar-refractivity contribution is 5.69. The number of nitrogens with zero attached hydrogens (tertiary/aromatic N) is 1. The number of carbonyl (C=O) groups is 1. The zero-order valence-corrected chi connectivity index (χ0v) is 14.1. The first-order valence-corrected chi connectivity index (χ1v) is 8.60. The van der Waals surface area contributed by atoms with Crippen molar-refractivity contribution >= 4 is 5.97 Å². The summed E-state index contributed by atoms with van der Waals surface area (Å²) in [6.45, 7) is 8.23. The van der Waals surface area contributed by atoms with Crippen LogP contribution in [0.2, 0.25) is 0 Å². The Morgan fingerprint density at radius 3 is 2.81 bits per heavy atom. The lowest BCUT2D eigenvalue weighted by Gasteiger charge is -2.28. The summed E-state index contributed by atoms with van der Waals surface area (Å²) in [4.78, 5) is 13.8. The largest absolute Gasteiger partial charge is 0.469 e. The van der Waals surface area contributed by atoms with Crippen molar-refractivity contribution in [2.45, 2.75) is 64.9 Å². The smallest absolute Gasteiger partial charge is 0.306 e. The van der Waals surface area contributed by atoms with Gasteiger partial charge in [0.15, 0.2) is 0 Å². The number of rotatable bonds is 11. The van der Waals surface area contributed by atoms with E-state index >= 15 is 0 Å². The molecule has 0 aromatic heterocycles. The normalized spacial score (nSPS) is 19.9. The fraction of sp³-hybridized carbons (Fsp3) is 0.941. The third-order valence-corrected chi connectivity index (χ3v) is 4.41.